The molecule has 0 amide bonds. The average Bonchev–Trinajstić information content (AvgIpc) is 3.14. The van der Waals surface area contributed by atoms with Crippen LogP contribution in [0.1, 0.15) is 110 Å². The molecule has 0 saturated carbocycles. The van der Waals surface area contributed by atoms with Gasteiger partial charge in [-0.3, -0.25) is 0 Å². The monoisotopic (exact) mass is 472 g/mol. The summed E-state index contributed by atoms with van der Waals surface area (Å²) >= 11 is 0. The van der Waals surface area contributed by atoms with E-state index in [1.165, 1.54) is 44.9 Å². The standard InChI is InChI=1S/C30H48O4/c1-6-8-9-10-11-12-13-14-15-16-17-18-19-28-29(34-30(3,4)33-28)27(7-2)32-24-25-20-22-26(31-5)23-21-25/h20-23,27-29H,6-11,14-19,24H2,1-5H3/t27-,28-,29+/m1/s1. The smallest absolute Gasteiger partial charge is 0.163 e. The molecule has 0 bridgehead atoms. The molecule has 0 radical (unpaired) electrons. The van der Waals surface area contributed by atoms with Crippen molar-refractivity contribution in [2.45, 2.75) is 135 Å². The lowest BCUT2D eigenvalue weighted by atomic mass is 9.99. The van der Waals surface area contributed by atoms with E-state index in [-0.39, 0.29) is 18.3 Å². The van der Waals surface area contributed by atoms with Crippen molar-refractivity contribution in [2.75, 3.05) is 7.11 Å². The SMILES string of the molecule is CCCCCCC#CCCCCCC[C@H]1OC(C)(C)O[C@H]1[C@@H](CC)OCc1ccc(OC)cc1. The molecule has 1 aromatic rings. The van der Waals surface area contributed by atoms with Crippen LogP contribution in [0, 0.1) is 11.8 Å². The third-order valence-corrected chi connectivity index (χ3v) is 6.43. The average molecular weight is 473 g/mol. The largest absolute Gasteiger partial charge is 0.497 e. The summed E-state index contributed by atoms with van der Waals surface area (Å²) < 4.78 is 24.2. The number of methoxy groups -OCH3 is 1. The lowest BCUT2D eigenvalue weighted by Gasteiger charge is -2.26. The molecular formula is C30H48O4. The Hall–Kier alpha value is -1.54. The van der Waals surface area contributed by atoms with E-state index in [2.05, 4.69) is 37.8 Å². The first kappa shape index (κ1) is 28.7. The molecule has 0 spiro atoms. The molecule has 1 saturated heterocycles. The van der Waals surface area contributed by atoms with Gasteiger partial charge in [-0.1, -0.05) is 64.5 Å². The number of hydrogen-bond donors (Lipinski definition) is 0. The Kier molecular flexibility index (Phi) is 13.7. The van der Waals surface area contributed by atoms with E-state index in [4.69, 9.17) is 18.9 Å². The summed E-state index contributed by atoms with van der Waals surface area (Å²) in [4.78, 5) is 0. The van der Waals surface area contributed by atoms with Gasteiger partial charge in [0.1, 0.15) is 11.9 Å². The van der Waals surface area contributed by atoms with Crippen molar-refractivity contribution in [2.24, 2.45) is 0 Å². The highest BCUT2D eigenvalue weighted by Gasteiger charge is 2.44. The van der Waals surface area contributed by atoms with Gasteiger partial charge in [0.25, 0.3) is 0 Å². The maximum absolute atomic E-state index is 6.31. The summed E-state index contributed by atoms with van der Waals surface area (Å²) in [6.45, 7) is 9.00. The van der Waals surface area contributed by atoms with Crippen molar-refractivity contribution in [1.29, 1.82) is 0 Å². The van der Waals surface area contributed by atoms with Crippen molar-refractivity contribution in [3.8, 4) is 17.6 Å². The van der Waals surface area contributed by atoms with Gasteiger partial charge in [-0.25, -0.2) is 0 Å². The molecule has 1 heterocycles. The molecule has 192 valence electrons. The predicted molar refractivity (Wildman–Crippen MR) is 140 cm³/mol. The van der Waals surface area contributed by atoms with Crippen LogP contribution in [-0.4, -0.2) is 31.2 Å². The van der Waals surface area contributed by atoms with Gasteiger partial charge in [0.05, 0.1) is 25.9 Å². The number of hydrogen-bond acceptors (Lipinski definition) is 4. The number of unbranched alkanes of at least 4 members (excludes halogenated alkanes) is 8. The van der Waals surface area contributed by atoms with Crippen LogP contribution in [0.25, 0.3) is 0 Å². The van der Waals surface area contributed by atoms with Gasteiger partial charge in [-0.2, -0.15) is 0 Å². The van der Waals surface area contributed by atoms with Crippen LogP contribution in [-0.2, 0) is 20.8 Å². The Labute approximate surface area is 209 Å². The van der Waals surface area contributed by atoms with Crippen molar-refractivity contribution < 1.29 is 18.9 Å². The van der Waals surface area contributed by atoms with E-state index in [0.717, 1.165) is 43.4 Å². The number of rotatable bonds is 16. The first-order chi connectivity index (χ1) is 16.5. The Morgan fingerprint density at radius 2 is 1.53 bits per heavy atom. The first-order valence-electron chi connectivity index (χ1n) is 13.5. The molecule has 4 nitrogen and oxygen atoms in total. The second-order valence-corrected chi connectivity index (χ2v) is 9.86. The quantitative estimate of drug-likeness (QED) is 0.181. The molecule has 2 rings (SSSR count). The molecule has 1 aromatic carbocycles. The third kappa shape index (κ3) is 10.8. The lowest BCUT2D eigenvalue weighted by Crippen LogP contribution is -2.37. The van der Waals surface area contributed by atoms with Gasteiger partial charge in [0.15, 0.2) is 5.79 Å². The molecule has 0 N–H and O–H groups in total. The second-order valence-electron chi connectivity index (χ2n) is 9.86. The summed E-state index contributed by atoms with van der Waals surface area (Å²) in [7, 11) is 1.68. The summed E-state index contributed by atoms with van der Waals surface area (Å²) in [6, 6.07) is 8.05. The zero-order chi connectivity index (χ0) is 24.7. The molecule has 34 heavy (non-hydrogen) atoms. The van der Waals surface area contributed by atoms with Gasteiger partial charge >= 0.3 is 0 Å². The molecule has 4 heteroatoms. The molecule has 1 aliphatic rings. The molecule has 1 aliphatic heterocycles. The van der Waals surface area contributed by atoms with Gasteiger partial charge in [-0.05, 0) is 57.2 Å². The highest BCUT2D eigenvalue weighted by molar-refractivity contribution is 5.26. The molecule has 1 fully saturated rings. The third-order valence-electron chi connectivity index (χ3n) is 6.43. The molecule has 0 aromatic heterocycles. The molecular weight excluding hydrogens is 424 g/mol. The van der Waals surface area contributed by atoms with Crippen molar-refractivity contribution in [3.05, 3.63) is 29.8 Å². The maximum Gasteiger partial charge on any atom is 0.163 e. The fourth-order valence-corrected chi connectivity index (χ4v) is 4.50. The van der Waals surface area contributed by atoms with E-state index >= 15 is 0 Å². The van der Waals surface area contributed by atoms with E-state index < -0.39 is 5.79 Å². The van der Waals surface area contributed by atoms with Crippen LogP contribution in [0.4, 0.5) is 0 Å². The Balaban J connectivity index is 1.70. The van der Waals surface area contributed by atoms with E-state index in [1.54, 1.807) is 7.11 Å². The van der Waals surface area contributed by atoms with Crippen LogP contribution in [0.5, 0.6) is 5.75 Å². The van der Waals surface area contributed by atoms with Gasteiger partial charge in [-0.15, -0.1) is 11.8 Å². The fraction of sp³-hybridized carbons (Fsp3) is 0.733. The second kappa shape index (κ2) is 16.2. The lowest BCUT2D eigenvalue weighted by molar-refractivity contribution is -0.160. The van der Waals surface area contributed by atoms with Gasteiger partial charge in [0, 0.05) is 12.8 Å². The van der Waals surface area contributed by atoms with Crippen molar-refractivity contribution in [1.82, 2.24) is 0 Å². The highest BCUT2D eigenvalue weighted by atomic mass is 16.8. The van der Waals surface area contributed by atoms with Gasteiger partial charge in [0.2, 0.25) is 0 Å². The summed E-state index contributed by atoms with van der Waals surface area (Å²) in [5.41, 5.74) is 1.14. The van der Waals surface area contributed by atoms with E-state index in [9.17, 15) is 0 Å². The molecule has 0 aliphatic carbocycles. The Morgan fingerprint density at radius 3 is 2.15 bits per heavy atom. The van der Waals surface area contributed by atoms with Crippen LogP contribution >= 0.6 is 0 Å². The zero-order valence-corrected chi connectivity index (χ0v) is 22.4. The minimum Gasteiger partial charge on any atom is -0.497 e. The Bertz CT molecular complexity index is 716. The van der Waals surface area contributed by atoms with Crippen molar-refractivity contribution >= 4 is 0 Å². The van der Waals surface area contributed by atoms with Crippen LogP contribution in [0.3, 0.4) is 0 Å². The van der Waals surface area contributed by atoms with E-state index in [1.807, 2.05) is 26.0 Å². The summed E-state index contributed by atoms with van der Waals surface area (Å²) in [5, 5.41) is 0. The van der Waals surface area contributed by atoms with Crippen molar-refractivity contribution in [3.63, 3.8) is 0 Å². The predicted octanol–water partition coefficient (Wildman–Crippen LogP) is 7.82. The maximum atomic E-state index is 6.31. The normalized spacial score (nSPS) is 20.0. The van der Waals surface area contributed by atoms with Gasteiger partial charge < -0.3 is 18.9 Å². The van der Waals surface area contributed by atoms with Crippen LogP contribution in [0.15, 0.2) is 24.3 Å². The summed E-state index contributed by atoms with van der Waals surface area (Å²) in [5.74, 6) is 6.99. The number of ether oxygens (including phenoxy) is 4. The Morgan fingerprint density at radius 1 is 0.882 bits per heavy atom. The van der Waals surface area contributed by atoms with Crippen LogP contribution < -0.4 is 4.74 Å². The summed E-state index contributed by atoms with van der Waals surface area (Å²) in [6.07, 6.45) is 14.1. The molecule has 0 unspecified atom stereocenters. The van der Waals surface area contributed by atoms with Crippen LogP contribution in [0.2, 0.25) is 0 Å². The van der Waals surface area contributed by atoms with E-state index in [0.29, 0.717) is 6.61 Å². The first-order valence-corrected chi connectivity index (χ1v) is 13.5. The fourth-order valence-electron chi connectivity index (χ4n) is 4.50. The number of benzene rings is 1. The topological polar surface area (TPSA) is 36.9 Å². The molecule has 3 atom stereocenters. The highest BCUT2D eigenvalue weighted by Crippen LogP contribution is 2.34. The minimum absolute atomic E-state index is 0.0153. The minimum atomic E-state index is -0.557. The zero-order valence-electron chi connectivity index (χ0n) is 22.4.